The fraction of sp³-hybridized carbons (Fsp3) is 0.438. The van der Waals surface area contributed by atoms with Crippen molar-refractivity contribution in [3.8, 4) is 0 Å². The van der Waals surface area contributed by atoms with Crippen molar-refractivity contribution in [2.24, 2.45) is 7.05 Å². The van der Waals surface area contributed by atoms with Gasteiger partial charge in [-0.3, -0.25) is 4.90 Å². The summed E-state index contributed by atoms with van der Waals surface area (Å²) in [5, 5.41) is 3.42. The van der Waals surface area contributed by atoms with Crippen molar-refractivity contribution in [2.45, 2.75) is 17.5 Å². The van der Waals surface area contributed by atoms with Crippen LogP contribution in [0, 0.1) is 0 Å². The molecule has 1 N–H and O–H groups in total. The van der Waals surface area contributed by atoms with Crippen molar-refractivity contribution in [1.82, 2.24) is 19.8 Å². The number of hydrogen-bond donors (Lipinski definition) is 1. The molecular formula is C16H22N4O2S. The Balaban J connectivity index is 1.78. The minimum Gasteiger partial charge on any atom is -0.337 e. The molecule has 2 heterocycles. The average Bonchev–Trinajstić information content (AvgIpc) is 2.93. The summed E-state index contributed by atoms with van der Waals surface area (Å²) in [7, 11) is -1.13. The zero-order valence-electron chi connectivity index (χ0n) is 13.4. The molecule has 1 saturated heterocycles. The number of imidazole rings is 1. The van der Waals surface area contributed by atoms with Crippen molar-refractivity contribution in [3.05, 3.63) is 48.0 Å². The molecule has 0 spiro atoms. The van der Waals surface area contributed by atoms with Gasteiger partial charge in [-0.15, -0.1) is 0 Å². The second kappa shape index (κ2) is 6.43. The molecule has 0 radical (unpaired) electrons. The molecule has 1 aromatic heterocycles. The summed E-state index contributed by atoms with van der Waals surface area (Å²) < 4.78 is 25.2. The molecule has 1 atom stereocenters. The van der Waals surface area contributed by atoms with Crippen LogP contribution in [0.25, 0.3) is 0 Å². The number of nitrogens with zero attached hydrogens (tertiary/aromatic N) is 3. The minimum absolute atomic E-state index is 0.221. The first-order valence-corrected chi connectivity index (χ1v) is 9.55. The molecule has 1 unspecified atom stereocenters. The zero-order valence-corrected chi connectivity index (χ0v) is 14.3. The normalized spacial score (nSPS) is 19.8. The molecule has 23 heavy (non-hydrogen) atoms. The quantitative estimate of drug-likeness (QED) is 0.902. The maximum Gasteiger partial charge on any atom is 0.175 e. The first-order valence-electron chi connectivity index (χ1n) is 7.66. The molecule has 124 valence electrons. The van der Waals surface area contributed by atoms with E-state index < -0.39 is 9.84 Å². The molecule has 0 amide bonds. The summed E-state index contributed by atoms with van der Waals surface area (Å²) in [6.07, 6.45) is 5.02. The molecule has 1 fully saturated rings. The highest BCUT2D eigenvalue weighted by Gasteiger charge is 2.26. The summed E-state index contributed by atoms with van der Waals surface area (Å²) in [6.45, 7) is 3.53. The minimum atomic E-state index is -3.14. The third-order valence-electron chi connectivity index (χ3n) is 4.25. The Morgan fingerprint density at radius 2 is 2.04 bits per heavy atom. The molecule has 1 aliphatic heterocycles. The summed E-state index contributed by atoms with van der Waals surface area (Å²) >= 11 is 0. The maximum atomic E-state index is 11.5. The van der Waals surface area contributed by atoms with Crippen LogP contribution >= 0.6 is 0 Å². The van der Waals surface area contributed by atoms with E-state index in [2.05, 4.69) is 19.8 Å². The number of sulfone groups is 1. The van der Waals surface area contributed by atoms with Gasteiger partial charge in [0.15, 0.2) is 9.84 Å². The van der Waals surface area contributed by atoms with Gasteiger partial charge in [0.25, 0.3) is 0 Å². The SMILES string of the molecule is Cn1ccnc1C1CNCCN1Cc1ccc(S(C)(=O)=O)cc1. The van der Waals surface area contributed by atoms with Crippen molar-refractivity contribution >= 4 is 9.84 Å². The fourth-order valence-corrected chi connectivity index (χ4v) is 3.60. The Morgan fingerprint density at radius 1 is 1.30 bits per heavy atom. The van der Waals surface area contributed by atoms with E-state index in [1.54, 1.807) is 12.1 Å². The van der Waals surface area contributed by atoms with E-state index in [1.807, 2.05) is 31.6 Å². The van der Waals surface area contributed by atoms with E-state index in [9.17, 15) is 8.42 Å². The highest BCUT2D eigenvalue weighted by molar-refractivity contribution is 7.90. The number of rotatable bonds is 4. The van der Waals surface area contributed by atoms with Crippen LogP contribution in [0.3, 0.4) is 0 Å². The Bertz CT molecular complexity index is 768. The molecule has 0 bridgehead atoms. The molecule has 1 aromatic carbocycles. The Morgan fingerprint density at radius 3 is 2.65 bits per heavy atom. The monoisotopic (exact) mass is 334 g/mol. The van der Waals surface area contributed by atoms with Gasteiger partial charge in [0, 0.05) is 51.9 Å². The number of benzene rings is 1. The number of aromatic nitrogens is 2. The van der Waals surface area contributed by atoms with Crippen molar-refractivity contribution in [1.29, 1.82) is 0 Å². The number of nitrogens with one attached hydrogen (secondary N) is 1. The second-order valence-corrected chi connectivity index (χ2v) is 8.02. The van der Waals surface area contributed by atoms with Crippen LogP contribution < -0.4 is 5.32 Å². The average molecular weight is 334 g/mol. The second-order valence-electron chi connectivity index (χ2n) is 6.00. The number of aryl methyl sites for hydroxylation is 1. The van der Waals surface area contributed by atoms with Crippen molar-refractivity contribution in [3.63, 3.8) is 0 Å². The summed E-state index contributed by atoms with van der Waals surface area (Å²) in [6, 6.07) is 7.38. The Labute approximate surface area is 137 Å². The first kappa shape index (κ1) is 16.2. The largest absolute Gasteiger partial charge is 0.337 e. The van der Waals surface area contributed by atoms with Crippen LogP contribution in [0.4, 0.5) is 0 Å². The highest BCUT2D eigenvalue weighted by atomic mass is 32.2. The zero-order chi connectivity index (χ0) is 16.4. The van der Waals surface area contributed by atoms with Gasteiger partial charge in [0.05, 0.1) is 10.9 Å². The first-order chi connectivity index (χ1) is 10.9. The van der Waals surface area contributed by atoms with Gasteiger partial charge < -0.3 is 9.88 Å². The van der Waals surface area contributed by atoms with Crippen molar-refractivity contribution < 1.29 is 8.42 Å². The van der Waals surface area contributed by atoms with Gasteiger partial charge in [-0.25, -0.2) is 13.4 Å². The van der Waals surface area contributed by atoms with Crippen LogP contribution in [0.15, 0.2) is 41.6 Å². The van der Waals surface area contributed by atoms with Crippen LogP contribution in [0.1, 0.15) is 17.4 Å². The third kappa shape index (κ3) is 3.63. The molecular weight excluding hydrogens is 312 g/mol. The standard InChI is InChI=1S/C16H22N4O2S/c1-19-9-8-18-16(19)15-11-17-7-10-20(15)12-13-3-5-14(6-4-13)23(2,21)22/h3-6,8-9,15,17H,7,10-12H2,1-2H3. The number of hydrogen-bond acceptors (Lipinski definition) is 5. The lowest BCUT2D eigenvalue weighted by atomic mass is 10.1. The van der Waals surface area contributed by atoms with E-state index in [-0.39, 0.29) is 6.04 Å². The molecule has 2 aromatic rings. The van der Waals surface area contributed by atoms with Crippen LogP contribution in [-0.4, -0.2) is 48.8 Å². The Kier molecular flexibility index (Phi) is 4.52. The van der Waals surface area contributed by atoms with E-state index in [1.165, 1.54) is 6.26 Å². The summed E-state index contributed by atoms with van der Waals surface area (Å²) in [5.41, 5.74) is 1.11. The van der Waals surface area contributed by atoms with Gasteiger partial charge in [-0.2, -0.15) is 0 Å². The van der Waals surface area contributed by atoms with E-state index in [0.717, 1.165) is 37.6 Å². The lowest BCUT2D eigenvalue weighted by Crippen LogP contribution is -2.46. The molecule has 1 aliphatic rings. The predicted octanol–water partition coefficient (Wildman–Crippen LogP) is 0.970. The van der Waals surface area contributed by atoms with Gasteiger partial charge in [0.2, 0.25) is 0 Å². The topological polar surface area (TPSA) is 67.2 Å². The van der Waals surface area contributed by atoms with Gasteiger partial charge in [-0.05, 0) is 17.7 Å². The third-order valence-corrected chi connectivity index (χ3v) is 5.38. The molecule has 7 heteroatoms. The highest BCUT2D eigenvalue weighted by Crippen LogP contribution is 2.23. The van der Waals surface area contributed by atoms with Gasteiger partial charge in [0.1, 0.15) is 5.82 Å². The van der Waals surface area contributed by atoms with Crippen LogP contribution in [0.5, 0.6) is 0 Å². The number of piperazine rings is 1. The van der Waals surface area contributed by atoms with Crippen LogP contribution in [-0.2, 0) is 23.4 Å². The van der Waals surface area contributed by atoms with Crippen molar-refractivity contribution in [2.75, 3.05) is 25.9 Å². The maximum absolute atomic E-state index is 11.5. The molecule has 0 saturated carbocycles. The van der Waals surface area contributed by atoms with Gasteiger partial charge >= 0.3 is 0 Å². The fourth-order valence-electron chi connectivity index (χ4n) is 2.97. The summed E-state index contributed by atoms with van der Waals surface area (Å²) in [5.74, 6) is 1.05. The molecule has 0 aliphatic carbocycles. The van der Waals surface area contributed by atoms with E-state index in [0.29, 0.717) is 4.90 Å². The van der Waals surface area contributed by atoms with Crippen LogP contribution in [0.2, 0.25) is 0 Å². The van der Waals surface area contributed by atoms with Gasteiger partial charge in [-0.1, -0.05) is 12.1 Å². The lowest BCUT2D eigenvalue weighted by Gasteiger charge is -2.35. The lowest BCUT2D eigenvalue weighted by molar-refractivity contribution is 0.144. The summed E-state index contributed by atoms with van der Waals surface area (Å²) in [4.78, 5) is 7.23. The smallest absolute Gasteiger partial charge is 0.175 e. The molecule has 6 nitrogen and oxygen atoms in total. The predicted molar refractivity (Wildman–Crippen MR) is 88.8 cm³/mol. The van der Waals surface area contributed by atoms with E-state index >= 15 is 0 Å². The van der Waals surface area contributed by atoms with E-state index in [4.69, 9.17) is 0 Å². The molecule has 3 rings (SSSR count). The Hall–Kier alpha value is -1.70.